The minimum atomic E-state index is -0.357. The number of hydrogen-bond acceptors (Lipinski definition) is 3. The van der Waals surface area contributed by atoms with Crippen LogP contribution in [0.4, 0.5) is 5.13 Å². The summed E-state index contributed by atoms with van der Waals surface area (Å²) in [4.78, 5) is 17.8. The first kappa shape index (κ1) is 18.5. The Balaban J connectivity index is 1.88. The van der Waals surface area contributed by atoms with Crippen LogP contribution < -0.4 is 5.32 Å². The van der Waals surface area contributed by atoms with Crippen LogP contribution in [0.5, 0.6) is 0 Å². The smallest absolute Gasteiger partial charge is 0.258 e. The topological polar surface area (TPSA) is 42.0 Å². The number of nitrogens with zero attached hydrogens (tertiary/aromatic N) is 1. The van der Waals surface area contributed by atoms with E-state index >= 15 is 0 Å². The highest BCUT2D eigenvalue weighted by molar-refractivity contribution is 7.16. The van der Waals surface area contributed by atoms with Gasteiger partial charge in [0.05, 0.1) is 21.3 Å². The van der Waals surface area contributed by atoms with Crippen LogP contribution in [0.15, 0.2) is 36.4 Å². The van der Waals surface area contributed by atoms with Gasteiger partial charge in [0.15, 0.2) is 5.13 Å². The van der Waals surface area contributed by atoms with Crippen molar-refractivity contribution in [2.75, 3.05) is 5.32 Å². The van der Waals surface area contributed by atoms with E-state index in [-0.39, 0.29) is 10.9 Å². The Morgan fingerprint density at radius 3 is 2.28 bits per heavy atom. The van der Waals surface area contributed by atoms with E-state index in [2.05, 4.69) is 10.3 Å². The third kappa shape index (κ3) is 4.10. The minimum absolute atomic E-state index is 0.277. The van der Waals surface area contributed by atoms with Crippen molar-refractivity contribution in [1.29, 1.82) is 0 Å². The molecule has 0 aliphatic rings. The fourth-order valence-corrected chi connectivity index (χ4v) is 4.03. The first-order chi connectivity index (χ1) is 11.8. The van der Waals surface area contributed by atoms with Gasteiger partial charge in [0.25, 0.3) is 5.91 Å². The van der Waals surface area contributed by atoms with E-state index in [9.17, 15) is 4.79 Å². The molecule has 0 spiro atoms. The Morgan fingerprint density at radius 2 is 1.64 bits per heavy atom. The number of carbonyl (C=O) groups is 1. The Kier molecular flexibility index (Phi) is 5.56. The molecule has 128 valence electrons. The quantitative estimate of drug-likeness (QED) is 0.485. The number of anilines is 1. The van der Waals surface area contributed by atoms with Gasteiger partial charge < -0.3 is 0 Å². The molecule has 0 unspecified atom stereocenters. The fraction of sp³-hybridized carbons (Fsp3) is 0.0588. The molecule has 0 radical (unpaired) electrons. The summed E-state index contributed by atoms with van der Waals surface area (Å²) in [5.41, 5.74) is 1.78. The summed E-state index contributed by atoms with van der Waals surface area (Å²) in [5, 5.41) is 4.99. The predicted octanol–water partition coefficient (Wildman–Crippen LogP) is 6.98. The Labute approximate surface area is 168 Å². The molecule has 0 aliphatic heterocycles. The van der Waals surface area contributed by atoms with Crippen molar-refractivity contribution < 1.29 is 4.79 Å². The molecule has 3 rings (SSSR count). The molecule has 3 nitrogen and oxygen atoms in total. The molecule has 1 heterocycles. The van der Waals surface area contributed by atoms with Crippen LogP contribution in [-0.4, -0.2) is 10.9 Å². The third-order valence-electron chi connectivity index (χ3n) is 3.38. The molecule has 2 aromatic carbocycles. The summed E-state index contributed by atoms with van der Waals surface area (Å²) in [6, 6.07) is 9.89. The van der Waals surface area contributed by atoms with E-state index in [1.165, 1.54) is 17.4 Å². The SMILES string of the molecule is Cc1sc(NC(=O)c2ccc(Cl)cc2Cl)nc1-c1ccc(Cl)cc1Cl. The molecule has 1 N–H and O–H groups in total. The minimum Gasteiger partial charge on any atom is -0.298 e. The predicted molar refractivity (Wildman–Crippen MR) is 107 cm³/mol. The second kappa shape index (κ2) is 7.52. The van der Waals surface area contributed by atoms with Crippen molar-refractivity contribution in [2.45, 2.75) is 6.92 Å². The van der Waals surface area contributed by atoms with E-state index in [1.54, 1.807) is 30.3 Å². The standard InChI is InChI=1S/C17H10Cl4N2OS/c1-8-15(11-4-2-9(18)6-13(11)20)22-17(25-8)23-16(24)12-5-3-10(19)7-14(12)21/h2-7H,1H3,(H,22,23,24). The van der Waals surface area contributed by atoms with Gasteiger partial charge in [-0.3, -0.25) is 10.1 Å². The lowest BCUT2D eigenvalue weighted by Crippen LogP contribution is -2.12. The molecular weight excluding hydrogens is 422 g/mol. The van der Waals surface area contributed by atoms with Gasteiger partial charge in [0.2, 0.25) is 0 Å². The van der Waals surface area contributed by atoms with Gasteiger partial charge in [0.1, 0.15) is 0 Å². The average molecular weight is 432 g/mol. The number of halogens is 4. The number of carbonyl (C=O) groups excluding carboxylic acids is 1. The van der Waals surface area contributed by atoms with E-state index < -0.39 is 0 Å². The van der Waals surface area contributed by atoms with Crippen LogP contribution in [0.1, 0.15) is 15.2 Å². The van der Waals surface area contributed by atoms with E-state index in [0.717, 1.165) is 10.4 Å². The number of nitrogens with one attached hydrogen (secondary N) is 1. The lowest BCUT2D eigenvalue weighted by Gasteiger charge is -2.04. The zero-order chi connectivity index (χ0) is 18.1. The van der Waals surface area contributed by atoms with Gasteiger partial charge in [-0.05, 0) is 43.3 Å². The normalized spacial score (nSPS) is 10.8. The van der Waals surface area contributed by atoms with Gasteiger partial charge in [-0.2, -0.15) is 0 Å². The van der Waals surface area contributed by atoms with Crippen LogP contribution in [0.25, 0.3) is 11.3 Å². The lowest BCUT2D eigenvalue weighted by atomic mass is 10.1. The van der Waals surface area contributed by atoms with Gasteiger partial charge in [-0.25, -0.2) is 4.98 Å². The van der Waals surface area contributed by atoms with E-state index in [0.29, 0.717) is 31.5 Å². The summed E-state index contributed by atoms with van der Waals surface area (Å²) >= 11 is 25.4. The second-order valence-corrected chi connectivity index (χ2v) is 8.02. The van der Waals surface area contributed by atoms with Crippen molar-refractivity contribution >= 4 is 68.8 Å². The van der Waals surface area contributed by atoms with Crippen molar-refractivity contribution in [3.8, 4) is 11.3 Å². The molecule has 0 atom stereocenters. The summed E-state index contributed by atoms with van der Waals surface area (Å²) < 4.78 is 0. The molecule has 0 bridgehead atoms. The molecule has 0 fully saturated rings. The third-order valence-corrected chi connectivity index (χ3v) is 5.36. The number of amides is 1. The molecule has 0 saturated heterocycles. The van der Waals surface area contributed by atoms with Crippen molar-refractivity contribution in [3.63, 3.8) is 0 Å². The van der Waals surface area contributed by atoms with Gasteiger partial charge in [0, 0.05) is 20.5 Å². The van der Waals surface area contributed by atoms with Crippen LogP contribution in [0.2, 0.25) is 20.1 Å². The van der Waals surface area contributed by atoms with Gasteiger partial charge in [-0.1, -0.05) is 46.4 Å². The molecule has 0 aliphatic carbocycles. The number of thiazole rings is 1. The molecule has 25 heavy (non-hydrogen) atoms. The number of hydrogen-bond donors (Lipinski definition) is 1. The summed E-state index contributed by atoms with van der Waals surface area (Å²) in [6.07, 6.45) is 0. The zero-order valence-corrected chi connectivity index (χ0v) is 16.6. The molecule has 3 aromatic rings. The lowest BCUT2D eigenvalue weighted by molar-refractivity contribution is 0.102. The summed E-state index contributed by atoms with van der Waals surface area (Å²) in [7, 11) is 0. The Morgan fingerprint density at radius 1 is 1.00 bits per heavy atom. The van der Waals surface area contributed by atoms with Gasteiger partial charge in [-0.15, -0.1) is 11.3 Å². The van der Waals surface area contributed by atoms with Crippen LogP contribution in [0, 0.1) is 6.92 Å². The highest BCUT2D eigenvalue weighted by Crippen LogP contribution is 2.36. The molecule has 8 heteroatoms. The molecule has 1 amide bonds. The second-order valence-electron chi connectivity index (χ2n) is 5.13. The number of rotatable bonds is 3. The number of benzene rings is 2. The summed E-state index contributed by atoms with van der Waals surface area (Å²) in [5.74, 6) is -0.357. The first-order valence-corrected chi connectivity index (χ1v) is 9.37. The molecule has 1 aromatic heterocycles. The van der Waals surface area contributed by atoms with Crippen molar-refractivity contribution in [1.82, 2.24) is 4.98 Å². The maximum atomic E-state index is 12.4. The zero-order valence-electron chi connectivity index (χ0n) is 12.7. The average Bonchev–Trinajstić information content (AvgIpc) is 2.87. The maximum absolute atomic E-state index is 12.4. The highest BCUT2D eigenvalue weighted by atomic mass is 35.5. The van der Waals surface area contributed by atoms with Gasteiger partial charge >= 0.3 is 0 Å². The maximum Gasteiger partial charge on any atom is 0.258 e. The first-order valence-electron chi connectivity index (χ1n) is 7.04. The largest absolute Gasteiger partial charge is 0.298 e. The van der Waals surface area contributed by atoms with Crippen LogP contribution in [0.3, 0.4) is 0 Å². The van der Waals surface area contributed by atoms with E-state index in [4.69, 9.17) is 46.4 Å². The number of aryl methyl sites for hydroxylation is 1. The monoisotopic (exact) mass is 430 g/mol. The highest BCUT2D eigenvalue weighted by Gasteiger charge is 2.17. The fourth-order valence-electron chi connectivity index (χ4n) is 2.22. The van der Waals surface area contributed by atoms with Crippen LogP contribution >= 0.6 is 57.7 Å². The summed E-state index contributed by atoms with van der Waals surface area (Å²) in [6.45, 7) is 1.91. The molecule has 0 saturated carbocycles. The Bertz CT molecular complexity index is 971. The van der Waals surface area contributed by atoms with Crippen molar-refractivity contribution in [3.05, 3.63) is 66.9 Å². The number of aromatic nitrogens is 1. The van der Waals surface area contributed by atoms with Crippen LogP contribution in [-0.2, 0) is 0 Å². The van der Waals surface area contributed by atoms with E-state index in [1.807, 2.05) is 6.92 Å². The van der Waals surface area contributed by atoms with Crippen molar-refractivity contribution in [2.24, 2.45) is 0 Å². The molecular formula is C17H10Cl4N2OS. The Hall–Kier alpha value is -1.30.